The summed E-state index contributed by atoms with van der Waals surface area (Å²) in [5.41, 5.74) is 1.74. The first kappa shape index (κ1) is 5.52. The molecular weight excluding hydrogens is 108 g/mol. The van der Waals surface area contributed by atoms with Crippen molar-refractivity contribution in [3.63, 3.8) is 0 Å². The summed E-state index contributed by atoms with van der Waals surface area (Å²) in [6, 6.07) is 0. The van der Waals surface area contributed by atoms with Crippen molar-refractivity contribution in [2.45, 2.75) is 38.5 Å². The van der Waals surface area contributed by atoms with Gasteiger partial charge in [0.25, 0.3) is 0 Å². The molecule has 0 bridgehead atoms. The zero-order chi connectivity index (χ0) is 6.10. The van der Waals surface area contributed by atoms with Crippen LogP contribution in [0.5, 0.6) is 0 Å². The first-order valence-electron chi connectivity index (χ1n) is 4.13. The molecule has 9 heavy (non-hydrogen) atoms. The Morgan fingerprint density at radius 3 is 2.56 bits per heavy atom. The molecule has 0 unspecified atom stereocenters. The van der Waals surface area contributed by atoms with Gasteiger partial charge in [0.05, 0.1) is 0 Å². The van der Waals surface area contributed by atoms with Gasteiger partial charge in [-0.05, 0) is 18.8 Å². The smallest absolute Gasteiger partial charge is 0.0136 e. The molecular formula is C9H14. The summed E-state index contributed by atoms with van der Waals surface area (Å²) in [4.78, 5) is 0. The minimum absolute atomic E-state index is 1.08. The quantitative estimate of drug-likeness (QED) is 0.494. The van der Waals surface area contributed by atoms with Crippen LogP contribution in [0.3, 0.4) is 0 Å². The van der Waals surface area contributed by atoms with E-state index in [0.29, 0.717) is 0 Å². The van der Waals surface area contributed by atoms with E-state index >= 15 is 0 Å². The van der Waals surface area contributed by atoms with Crippen LogP contribution in [-0.2, 0) is 0 Å². The third kappa shape index (κ3) is 1.35. The monoisotopic (exact) mass is 122 g/mol. The van der Waals surface area contributed by atoms with Gasteiger partial charge >= 0.3 is 0 Å². The van der Waals surface area contributed by atoms with Crippen molar-refractivity contribution < 1.29 is 0 Å². The van der Waals surface area contributed by atoms with Crippen molar-refractivity contribution in [2.24, 2.45) is 5.92 Å². The van der Waals surface area contributed by atoms with Gasteiger partial charge in [0, 0.05) is 0 Å². The second-order valence-electron chi connectivity index (χ2n) is 3.42. The molecule has 0 aromatic rings. The van der Waals surface area contributed by atoms with E-state index in [1.165, 1.54) is 38.5 Å². The lowest BCUT2D eigenvalue weighted by atomic mass is 10.0. The van der Waals surface area contributed by atoms with Crippen LogP contribution >= 0.6 is 0 Å². The topological polar surface area (TPSA) is 0 Å². The van der Waals surface area contributed by atoms with Crippen LogP contribution in [0.25, 0.3) is 0 Å². The normalized spacial score (nSPS) is 26.4. The number of hydrogen-bond acceptors (Lipinski definition) is 0. The van der Waals surface area contributed by atoms with E-state index < -0.39 is 0 Å². The maximum atomic E-state index is 2.37. The van der Waals surface area contributed by atoms with Crippen LogP contribution in [0.1, 0.15) is 38.5 Å². The van der Waals surface area contributed by atoms with E-state index in [-0.39, 0.29) is 0 Å². The molecule has 0 aromatic heterocycles. The van der Waals surface area contributed by atoms with Crippen LogP contribution in [0, 0.1) is 5.92 Å². The Morgan fingerprint density at radius 2 is 2.00 bits per heavy atom. The SMILES string of the molecule is C1=C(CC2CCCC2)C1. The maximum Gasteiger partial charge on any atom is -0.0136 e. The summed E-state index contributed by atoms with van der Waals surface area (Å²) >= 11 is 0. The lowest BCUT2D eigenvalue weighted by Crippen LogP contribution is -1.89. The minimum atomic E-state index is 1.08. The van der Waals surface area contributed by atoms with Crippen LogP contribution in [0.4, 0.5) is 0 Å². The van der Waals surface area contributed by atoms with Gasteiger partial charge in [0.1, 0.15) is 0 Å². The highest BCUT2D eigenvalue weighted by atomic mass is 14.2. The highest BCUT2D eigenvalue weighted by Gasteiger charge is 2.18. The molecule has 1 saturated carbocycles. The van der Waals surface area contributed by atoms with Gasteiger partial charge in [0.15, 0.2) is 0 Å². The molecule has 50 valence electrons. The van der Waals surface area contributed by atoms with Gasteiger partial charge in [-0.15, -0.1) is 0 Å². The van der Waals surface area contributed by atoms with E-state index in [1.54, 1.807) is 5.57 Å². The van der Waals surface area contributed by atoms with Crippen molar-refractivity contribution in [1.29, 1.82) is 0 Å². The second kappa shape index (κ2) is 2.17. The van der Waals surface area contributed by atoms with Gasteiger partial charge in [-0.3, -0.25) is 0 Å². The molecule has 2 aliphatic carbocycles. The maximum absolute atomic E-state index is 2.37. The summed E-state index contributed by atoms with van der Waals surface area (Å²) < 4.78 is 0. The first-order valence-corrected chi connectivity index (χ1v) is 4.13. The van der Waals surface area contributed by atoms with Gasteiger partial charge in [-0.25, -0.2) is 0 Å². The summed E-state index contributed by atoms with van der Waals surface area (Å²) in [7, 11) is 0. The largest absolute Gasteiger partial charge is 0.0809 e. The molecule has 2 rings (SSSR count). The summed E-state index contributed by atoms with van der Waals surface area (Å²) in [5, 5.41) is 0. The Morgan fingerprint density at radius 1 is 1.33 bits per heavy atom. The van der Waals surface area contributed by atoms with Crippen molar-refractivity contribution in [2.75, 3.05) is 0 Å². The Bertz CT molecular complexity index is 127. The molecule has 0 saturated heterocycles. The Hall–Kier alpha value is -0.260. The molecule has 0 aliphatic heterocycles. The van der Waals surface area contributed by atoms with Crippen molar-refractivity contribution in [3.8, 4) is 0 Å². The molecule has 2 aliphatic rings. The summed E-state index contributed by atoms with van der Waals surface area (Å²) in [6.45, 7) is 0. The Kier molecular flexibility index (Phi) is 1.33. The van der Waals surface area contributed by atoms with Crippen LogP contribution in [0.15, 0.2) is 11.6 Å². The molecule has 0 heteroatoms. The van der Waals surface area contributed by atoms with Crippen molar-refractivity contribution >= 4 is 0 Å². The fourth-order valence-electron chi connectivity index (χ4n) is 1.82. The van der Waals surface area contributed by atoms with E-state index in [2.05, 4.69) is 6.08 Å². The van der Waals surface area contributed by atoms with Gasteiger partial charge in [-0.2, -0.15) is 0 Å². The number of hydrogen-bond donors (Lipinski definition) is 0. The zero-order valence-electron chi connectivity index (χ0n) is 5.90. The van der Waals surface area contributed by atoms with Crippen LogP contribution < -0.4 is 0 Å². The number of rotatable bonds is 2. The average Bonchev–Trinajstić information content (AvgIpc) is 2.46. The average molecular weight is 122 g/mol. The molecule has 0 atom stereocenters. The van der Waals surface area contributed by atoms with Gasteiger partial charge in [-0.1, -0.05) is 37.3 Å². The highest BCUT2D eigenvalue weighted by molar-refractivity contribution is 5.22. The minimum Gasteiger partial charge on any atom is -0.0809 e. The fraction of sp³-hybridized carbons (Fsp3) is 0.778. The zero-order valence-corrected chi connectivity index (χ0v) is 5.90. The van der Waals surface area contributed by atoms with E-state index in [0.717, 1.165) is 5.92 Å². The third-order valence-electron chi connectivity index (χ3n) is 2.52. The molecule has 0 nitrogen and oxygen atoms in total. The molecule has 0 radical (unpaired) electrons. The van der Waals surface area contributed by atoms with Gasteiger partial charge < -0.3 is 0 Å². The standard InChI is InChI=1S/C9H14/c1-2-4-8(3-1)7-9-5-6-9/h5,8H,1-4,6-7H2. The predicted octanol–water partition coefficient (Wildman–Crippen LogP) is 2.90. The van der Waals surface area contributed by atoms with Crippen molar-refractivity contribution in [3.05, 3.63) is 11.6 Å². The van der Waals surface area contributed by atoms with Crippen LogP contribution in [0.2, 0.25) is 0 Å². The van der Waals surface area contributed by atoms with E-state index in [4.69, 9.17) is 0 Å². The first-order chi connectivity index (χ1) is 4.45. The molecule has 0 N–H and O–H groups in total. The summed E-state index contributed by atoms with van der Waals surface area (Å²) in [6.07, 6.45) is 11.2. The van der Waals surface area contributed by atoms with Gasteiger partial charge in [0.2, 0.25) is 0 Å². The third-order valence-corrected chi connectivity index (χ3v) is 2.52. The molecule has 0 spiro atoms. The van der Waals surface area contributed by atoms with Crippen LogP contribution in [-0.4, -0.2) is 0 Å². The lowest BCUT2D eigenvalue weighted by molar-refractivity contribution is 0.549. The Labute approximate surface area is 57.0 Å². The van der Waals surface area contributed by atoms with E-state index in [9.17, 15) is 0 Å². The van der Waals surface area contributed by atoms with Crippen molar-refractivity contribution in [1.82, 2.24) is 0 Å². The molecule has 0 heterocycles. The molecule has 1 fully saturated rings. The molecule has 0 aromatic carbocycles. The number of allylic oxidation sites excluding steroid dienone is 2. The lowest BCUT2D eigenvalue weighted by Gasteiger charge is -2.03. The fourth-order valence-corrected chi connectivity index (χ4v) is 1.82. The van der Waals surface area contributed by atoms with E-state index in [1.807, 2.05) is 0 Å². The molecule has 0 amide bonds. The highest BCUT2D eigenvalue weighted by Crippen LogP contribution is 2.35. The predicted molar refractivity (Wildman–Crippen MR) is 39.3 cm³/mol. The Balaban J connectivity index is 1.77. The second-order valence-corrected chi connectivity index (χ2v) is 3.42. The summed E-state index contributed by atoms with van der Waals surface area (Å²) in [5.74, 6) is 1.08.